The summed E-state index contributed by atoms with van der Waals surface area (Å²) >= 11 is 0. The van der Waals surface area contributed by atoms with Crippen molar-refractivity contribution in [1.82, 2.24) is 4.72 Å². The SMILES string of the molecule is CC(=O)Oc1c(C)c(C)c2c(c1C)CCC(C)(C(=O)NS(=O)(=O)c1ccc3ccccc3c1)O2. The van der Waals surface area contributed by atoms with Crippen molar-refractivity contribution in [2.24, 2.45) is 0 Å². The molecule has 8 heteroatoms. The van der Waals surface area contributed by atoms with E-state index in [9.17, 15) is 18.0 Å². The monoisotopic (exact) mass is 481 g/mol. The summed E-state index contributed by atoms with van der Waals surface area (Å²) in [6.07, 6.45) is 0.735. The second-order valence-corrected chi connectivity index (χ2v) is 10.6. The Hall–Kier alpha value is -3.39. The van der Waals surface area contributed by atoms with E-state index in [1.807, 2.05) is 45.0 Å². The van der Waals surface area contributed by atoms with Crippen LogP contribution in [-0.2, 0) is 26.0 Å². The number of benzene rings is 3. The van der Waals surface area contributed by atoms with Gasteiger partial charge in [0, 0.05) is 18.9 Å². The number of fused-ring (bicyclic) bond motifs is 2. The van der Waals surface area contributed by atoms with Crippen molar-refractivity contribution in [3.8, 4) is 11.5 Å². The lowest BCUT2D eigenvalue weighted by Gasteiger charge is -2.36. The maximum Gasteiger partial charge on any atom is 0.308 e. The number of carbonyl (C=O) groups is 2. The van der Waals surface area contributed by atoms with Gasteiger partial charge in [0.1, 0.15) is 11.5 Å². The molecule has 0 fully saturated rings. The van der Waals surface area contributed by atoms with Gasteiger partial charge in [-0.2, -0.15) is 0 Å². The minimum Gasteiger partial charge on any atom is -0.477 e. The lowest BCUT2D eigenvalue weighted by molar-refractivity contribution is -0.135. The van der Waals surface area contributed by atoms with Gasteiger partial charge in [-0.25, -0.2) is 13.1 Å². The summed E-state index contributed by atoms with van der Waals surface area (Å²) in [6.45, 7) is 8.43. The fourth-order valence-electron chi connectivity index (χ4n) is 4.31. The van der Waals surface area contributed by atoms with Gasteiger partial charge in [0.2, 0.25) is 0 Å². The largest absolute Gasteiger partial charge is 0.477 e. The maximum atomic E-state index is 13.2. The van der Waals surface area contributed by atoms with E-state index in [-0.39, 0.29) is 11.3 Å². The van der Waals surface area contributed by atoms with Gasteiger partial charge in [0.15, 0.2) is 5.60 Å². The first-order valence-corrected chi connectivity index (χ1v) is 12.5. The summed E-state index contributed by atoms with van der Waals surface area (Å²) in [4.78, 5) is 24.7. The first-order valence-electron chi connectivity index (χ1n) is 11.0. The molecule has 1 aliphatic heterocycles. The average molecular weight is 482 g/mol. The summed E-state index contributed by atoms with van der Waals surface area (Å²) in [6, 6.07) is 12.1. The molecule has 7 nitrogen and oxygen atoms in total. The van der Waals surface area contributed by atoms with Crippen LogP contribution in [0.15, 0.2) is 47.4 Å². The highest BCUT2D eigenvalue weighted by molar-refractivity contribution is 7.90. The molecule has 0 aromatic heterocycles. The number of esters is 1. The summed E-state index contributed by atoms with van der Waals surface area (Å²) in [7, 11) is -4.10. The van der Waals surface area contributed by atoms with Crippen LogP contribution in [0.2, 0.25) is 0 Å². The van der Waals surface area contributed by atoms with E-state index in [2.05, 4.69) is 4.72 Å². The number of nitrogens with one attached hydrogen (secondary N) is 1. The molecule has 0 spiro atoms. The van der Waals surface area contributed by atoms with E-state index < -0.39 is 27.5 Å². The van der Waals surface area contributed by atoms with Crippen LogP contribution in [-0.4, -0.2) is 25.9 Å². The molecule has 0 radical (unpaired) electrons. The van der Waals surface area contributed by atoms with Gasteiger partial charge in [-0.3, -0.25) is 9.59 Å². The Morgan fingerprint density at radius 3 is 2.35 bits per heavy atom. The molecule has 1 amide bonds. The molecule has 4 rings (SSSR count). The van der Waals surface area contributed by atoms with Crippen molar-refractivity contribution >= 4 is 32.7 Å². The maximum absolute atomic E-state index is 13.2. The van der Waals surface area contributed by atoms with Crippen LogP contribution in [0, 0.1) is 20.8 Å². The van der Waals surface area contributed by atoms with Crippen molar-refractivity contribution in [3.05, 3.63) is 64.7 Å². The lowest BCUT2D eigenvalue weighted by Crippen LogP contribution is -2.52. The average Bonchev–Trinajstić information content (AvgIpc) is 2.79. The van der Waals surface area contributed by atoms with Gasteiger partial charge >= 0.3 is 5.97 Å². The summed E-state index contributed by atoms with van der Waals surface area (Å²) in [5.74, 6) is -0.118. The number of hydrogen-bond donors (Lipinski definition) is 1. The quantitative estimate of drug-likeness (QED) is 0.441. The molecule has 34 heavy (non-hydrogen) atoms. The zero-order valence-electron chi connectivity index (χ0n) is 19.8. The van der Waals surface area contributed by atoms with Crippen molar-refractivity contribution < 1.29 is 27.5 Å². The zero-order chi connectivity index (χ0) is 24.8. The summed E-state index contributed by atoms with van der Waals surface area (Å²) < 4.78 is 39.8. The highest BCUT2D eigenvalue weighted by atomic mass is 32.2. The smallest absolute Gasteiger partial charge is 0.308 e. The molecule has 0 bridgehead atoms. The zero-order valence-corrected chi connectivity index (χ0v) is 20.6. The first-order chi connectivity index (χ1) is 15.9. The minimum absolute atomic E-state index is 0.00764. The Balaban J connectivity index is 1.63. The van der Waals surface area contributed by atoms with Crippen LogP contribution >= 0.6 is 0 Å². The van der Waals surface area contributed by atoms with E-state index in [1.54, 1.807) is 13.0 Å². The van der Waals surface area contributed by atoms with Crippen molar-refractivity contribution in [2.45, 2.75) is 58.0 Å². The van der Waals surface area contributed by atoms with Crippen LogP contribution < -0.4 is 14.2 Å². The Bertz CT molecular complexity index is 1440. The van der Waals surface area contributed by atoms with Crippen LogP contribution in [0.3, 0.4) is 0 Å². The standard InChI is InChI=1S/C26H27NO6S/c1-15-16(2)24-22(17(3)23(15)32-18(4)28)12-13-26(5,33-24)25(29)27-34(30,31)21-11-10-19-8-6-7-9-20(19)14-21/h6-11,14H,12-13H2,1-5H3,(H,27,29). The van der Waals surface area contributed by atoms with Crippen LogP contribution in [0.4, 0.5) is 0 Å². The molecule has 1 N–H and O–H groups in total. The van der Waals surface area contributed by atoms with Gasteiger partial charge in [-0.15, -0.1) is 0 Å². The van der Waals surface area contributed by atoms with E-state index in [0.717, 1.165) is 33.0 Å². The van der Waals surface area contributed by atoms with Gasteiger partial charge in [-0.05, 0) is 73.7 Å². The molecule has 0 saturated carbocycles. The summed E-state index contributed by atoms with van der Waals surface area (Å²) in [5.41, 5.74) is 1.72. The number of rotatable bonds is 4. The first kappa shape index (κ1) is 23.8. The van der Waals surface area contributed by atoms with E-state index in [4.69, 9.17) is 9.47 Å². The third kappa shape index (κ3) is 4.14. The molecular weight excluding hydrogens is 454 g/mol. The molecular formula is C26H27NO6S. The fraction of sp³-hybridized carbons (Fsp3) is 0.308. The predicted molar refractivity (Wildman–Crippen MR) is 129 cm³/mol. The molecule has 1 atom stereocenters. The van der Waals surface area contributed by atoms with Crippen molar-refractivity contribution in [3.63, 3.8) is 0 Å². The van der Waals surface area contributed by atoms with Crippen LogP contribution in [0.1, 0.15) is 42.5 Å². The highest BCUT2D eigenvalue weighted by Gasteiger charge is 2.42. The molecule has 1 unspecified atom stereocenters. The normalized spacial score (nSPS) is 17.6. The van der Waals surface area contributed by atoms with E-state index >= 15 is 0 Å². The Morgan fingerprint density at radius 2 is 1.68 bits per heavy atom. The predicted octanol–water partition coefficient (Wildman–Crippen LogP) is 4.28. The Labute approximate surface area is 199 Å². The molecule has 0 aliphatic carbocycles. The van der Waals surface area contributed by atoms with Crippen molar-refractivity contribution in [1.29, 1.82) is 0 Å². The van der Waals surface area contributed by atoms with Crippen molar-refractivity contribution in [2.75, 3.05) is 0 Å². The number of carbonyl (C=O) groups excluding carboxylic acids is 2. The van der Waals surface area contributed by atoms with Crippen LogP contribution in [0.5, 0.6) is 11.5 Å². The van der Waals surface area contributed by atoms with Crippen LogP contribution in [0.25, 0.3) is 10.8 Å². The van der Waals surface area contributed by atoms with Gasteiger partial charge in [0.25, 0.3) is 15.9 Å². The van der Waals surface area contributed by atoms with Gasteiger partial charge in [-0.1, -0.05) is 30.3 Å². The molecule has 1 aliphatic rings. The molecule has 0 saturated heterocycles. The number of sulfonamides is 1. The Morgan fingerprint density at radius 1 is 1.00 bits per heavy atom. The number of amides is 1. The molecule has 3 aromatic carbocycles. The Kier molecular flexibility index (Phi) is 5.89. The number of ether oxygens (including phenoxy) is 2. The minimum atomic E-state index is -4.10. The highest BCUT2D eigenvalue weighted by Crippen LogP contribution is 2.44. The third-order valence-corrected chi connectivity index (χ3v) is 7.80. The van der Waals surface area contributed by atoms with Gasteiger partial charge < -0.3 is 9.47 Å². The third-order valence-electron chi connectivity index (χ3n) is 6.47. The molecule has 178 valence electrons. The van der Waals surface area contributed by atoms with E-state index in [1.165, 1.54) is 19.1 Å². The lowest BCUT2D eigenvalue weighted by atomic mass is 9.87. The molecule has 1 heterocycles. The summed E-state index contributed by atoms with van der Waals surface area (Å²) in [5, 5.41) is 1.67. The second kappa shape index (κ2) is 8.43. The molecule has 3 aromatic rings. The van der Waals surface area contributed by atoms with Gasteiger partial charge in [0.05, 0.1) is 4.90 Å². The second-order valence-electron chi connectivity index (χ2n) is 8.88. The topological polar surface area (TPSA) is 98.8 Å². The number of hydrogen-bond acceptors (Lipinski definition) is 6. The van der Waals surface area contributed by atoms with E-state index in [0.29, 0.717) is 17.9 Å². The fourth-order valence-corrected chi connectivity index (χ4v) is 5.42.